The maximum absolute atomic E-state index is 5.49. The van der Waals surface area contributed by atoms with Crippen molar-refractivity contribution in [1.82, 2.24) is 4.98 Å². The molecule has 70 valence electrons. The van der Waals surface area contributed by atoms with Crippen LogP contribution in [0.2, 0.25) is 0 Å². The van der Waals surface area contributed by atoms with Crippen LogP contribution in [0.5, 0.6) is 0 Å². The van der Waals surface area contributed by atoms with E-state index >= 15 is 0 Å². The highest BCUT2D eigenvalue weighted by molar-refractivity contribution is 6.02. The lowest BCUT2D eigenvalue weighted by Gasteiger charge is -1.98. The summed E-state index contributed by atoms with van der Waals surface area (Å²) >= 11 is 0. The van der Waals surface area contributed by atoms with Crippen molar-refractivity contribution < 1.29 is 0 Å². The van der Waals surface area contributed by atoms with Gasteiger partial charge in [-0.25, -0.2) is 4.99 Å². The van der Waals surface area contributed by atoms with Crippen molar-refractivity contribution in [1.29, 1.82) is 0 Å². The standard InChI is InChI=1S/C9H14N4/c1-6(11-3)9-8(4-5-12-9)13-7(2)10/h4-5,12H,1-3H3,(H2,10,13). The lowest BCUT2D eigenvalue weighted by molar-refractivity contribution is 1.31. The monoisotopic (exact) mass is 178 g/mol. The number of hydrogen-bond acceptors (Lipinski definition) is 2. The summed E-state index contributed by atoms with van der Waals surface area (Å²) < 4.78 is 0. The summed E-state index contributed by atoms with van der Waals surface area (Å²) in [5.41, 5.74) is 8.17. The molecule has 0 amide bonds. The Morgan fingerprint density at radius 2 is 2.15 bits per heavy atom. The average molecular weight is 178 g/mol. The molecule has 1 rings (SSSR count). The van der Waals surface area contributed by atoms with E-state index in [9.17, 15) is 0 Å². The average Bonchev–Trinajstić information content (AvgIpc) is 2.50. The van der Waals surface area contributed by atoms with Gasteiger partial charge in [-0.3, -0.25) is 4.99 Å². The van der Waals surface area contributed by atoms with Crippen LogP contribution in [0.3, 0.4) is 0 Å². The summed E-state index contributed by atoms with van der Waals surface area (Å²) in [6, 6.07) is 1.88. The normalized spacial score (nSPS) is 13.5. The van der Waals surface area contributed by atoms with E-state index in [4.69, 9.17) is 5.73 Å². The van der Waals surface area contributed by atoms with Crippen LogP contribution in [-0.2, 0) is 0 Å². The Morgan fingerprint density at radius 1 is 1.46 bits per heavy atom. The van der Waals surface area contributed by atoms with Crippen LogP contribution in [-0.4, -0.2) is 23.6 Å². The van der Waals surface area contributed by atoms with E-state index < -0.39 is 0 Å². The Bertz CT molecular complexity index is 342. The molecule has 0 unspecified atom stereocenters. The van der Waals surface area contributed by atoms with Crippen LogP contribution in [0.1, 0.15) is 19.5 Å². The molecule has 0 aromatic carbocycles. The Balaban J connectivity index is 3.10. The van der Waals surface area contributed by atoms with Gasteiger partial charge in [0.25, 0.3) is 0 Å². The molecule has 0 spiro atoms. The first-order chi connectivity index (χ1) is 6.15. The SMILES string of the molecule is CN=C(C)c1[nH]ccc1N=C(C)N. The van der Waals surface area contributed by atoms with Crippen LogP contribution >= 0.6 is 0 Å². The summed E-state index contributed by atoms with van der Waals surface area (Å²) in [6.45, 7) is 3.69. The number of aromatic nitrogens is 1. The summed E-state index contributed by atoms with van der Waals surface area (Å²) in [4.78, 5) is 11.3. The molecule has 1 heterocycles. The van der Waals surface area contributed by atoms with Crippen molar-refractivity contribution in [2.45, 2.75) is 13.8 Å². The first kappa shape index (κ1) is 9.51. The van der Waals surface area contributed by atoms with Crippen molar-refractivity contribution in [3.05, 3.63) is 18.0 Å². The first-order valence-electron chi connectivity index (χ1n) is 4.07. The fourth-order valence-electron chi connectivity index (χ4n) is 1.05. The molecule has 13 heavy (non-hydrogen) atoms. The van der Waals surface area contributed by atoms with Gasteiger partial charge in [0.15, 0.2) is 0 Å². The van der Waals surface area contributed by atoms with Gasteiger partial charge in [0.1, 0.15) is 0 Å². The van der Waals surface area contributed by atoms with Gasteiger partial charge in [0.2, 0.25) is 0 Å². The van der Waals surface area contributed by atoms with E-state index in [-0.39, 0.29) is 0 Å². The third-order valence-corrected chi connectivity index (χ3v) is 1.72. The molecule has 0 aliphatic carbocycles. The van der Waals surface area contributed by atoms with Crippen molar-refractivity contribution >= 4 is 17.2 Å². The number of rotatable bonds is 2. The van der Waals surface area contributed by atoms with Gasteiger partial charge in [-0.05, 0) is 19.9 Å². The van der Waals surface area contributed by atoms with E-state index in [2.05, 4.69) is 15.0 Å². The number of nitrogens with zero attached hydrogens (tertiary/aromatic N) is 2. The molecule has 0 aliphatic rings. The van der Waals surface area contributed by atoms with Gasteiger partial charge < -0.3 is 10.7 Å². The molecule has 4 heteroatoms. The van der Waals surface area contributed by atoms with Gasteiger partial charge in [0.05, 0.1) is 22.9 Å². The molecule has 0 atom stereocenters. The number of nitrogens with one attached hydrogen (secondary N) is 1. The van der Waals surface area contributed by atoms with Gasteiger partial charge in [-0.15, -0.1) is 0 Å². The Labute approximate surface area is 77.6 Å². The summed E-state index contributed by atoms with van der Waals surface area (Å²) in [5.74, 6) is 0.546. The highest BCUT2D eigenvalue weighted by Crippen LogP contribution is 2.17. The zero-order valence-electron chi connectivity index (χ0n) is 8.13. The van der Waals surface area contributed by atoms with Crippen molar-refractivity contribution in [2.24, 2.45) is 15.7 Å². The fourth-order valence-corrected chi connectivity index (χ4v) is 1.05. The summed E-state index contributed by atoms with van der Waals surface area (Å²) in [5, 5.41) is 0. The van der Waals surface area contributed by atoms with E-state index in [0.717, 1.165) is 17.1 Å². The second kappa shape index (κ2) is 3.89. The Hall–Kier alpha value is -1.58. The Kier molecular flexibility index (Phi) is 2.84. The van der Waals surface area contributed by atoms with Gasteiger partial charge >= 0.3 is 0 Å². The van der Waals surface area contributed by atoms with E-state index in [1.54, 1.807) is 14.0 Å². The second-order valence-corrected chi connectivity index (χ2v) is 2.80. The number of H-pyrrole nitrogens is 1. The molecule has 4 nitrogen and oxygen atoms in total. The minimum Gasteiger partial charge on any atom is -0.387 e. The van der Waals surface area contributed by atoms with Gasteiger partial charge in [-0.2, -0.15) is 0 Å². The highest BCUT2D eigenvalue weighted by Gasteiger charge is 2.04. The van der Waals surface area contributed by atoms with Crippen LogP contribution in [0, 0.1) is 0 Å². The molecule has 0 saturated carbocycles. The predicted octanol–water partition coefficient (Wildman–Crippen LogP) is 1.46. The van der Waals surface area contributed by atoms with Crippen LogP contribution in [0.15, 0.2) is 22.2 Å². The number of aliphatic imine (C=N–C) groups is 2. The third-order valence-electron chi connectivity index (χ3n) is 1.72. The van der Waals surface area contributed by atoms with Crippen LogP contribution < -0.4 is 5.73 Å². The molecular formula is C9H14N4. The second-order valence-electron chi connectivity index (χ2n) is 2.80. The molecule has 0 fully saturated rings. The van der Waals surface area contributed by atoms with Gasteiger partial charge in [-0.1, -0.05) is 0 Å². The van der Waals surface area contributed by atoms with Crippen LogP contribution in [0.25, 0.3) is 0 Å². The zero-order valence-corrected chi connectivity index (χ0v) is 8.13. The molecule has 1 aromatic heterocycles. The van der Waals surface area contributed by atoms with Crippen molar-refractivity contribution in [2.75, 3.05) is 7.05 Å². The summed E-state index contributed by atoms with van der Waals surface area (Å²) in [6.07, 6.45) is 1.83. The zero-order chi connectivity index (χ0) is 9.84. The Morgan fingerprint density at radius 3 is 2.69 bits per heavy atom. The molecule has 0 aliphatic heterocycles. The molecule has 0 saturated heterocycles. The molecular weight excluding hydrogens is 164 g/mol. The molecule has 0 bridgehead atoms. The molecule has 1 aromatic rings. The smallest absolute Gasteiger partial charge is 0.0965 e. The number of amidine groups is 1. The minimum absolute atomic E-state index is 0.546. The van der Waals surface area contributed by atoms with E-state index in [1.807, 2.05) is 19.2 Å². The summed E-state index contributed by atoms with van der Waals surface area (Å²) in [7, 11) is 1.75. The van der Waals surface area contributed by atoms with Gasteiger partial charge in [0, 0.05) is 13.2 Å². The predicted molar refractivity (Wildman–Crippen MR) is 55.9 cm³/mol. The molecule has 3 N–H and O–H groups in total. The molecule has 0 radical (unpaired) electrons. The van der Waals surface area contributed by atoms with Crippen molar-refractivity contribution in [3.63, 3.8) is 0 Å². The number of hydrogen-bond donors (Lipinski definition) is 2. The van der Waals surface area contributed by atoms with E-state index in [1.165, 1.54) is 0 Å². The van der Waals surface area contributed by atoms with Crippen molar-refractivity contribution in [3.8, 4) is 0 Å². The quantitative estimate of drug-likeness (QED) is 0.522. The third kappa shape index (κ3) is 2.18. The van der Waals surface area contributed by atoms with E-state index in [0.29, 0.717) is 5.84 Å². The lowest BCUT2D eigenvalue weighted by atomic mass is 10.2. The number of nitrogens with two attached hydrogens (primary N) is 1. The fraction of sp³-hybridized carbons (Fsp3) is 0.333. The maximum Gasteiger partial charge on any atom is 0.0965 e. The largest absolute Gasteiger partial charge is 0.387 e. The minimum atomic E-state index is 0.546. The topological polar surface area (TPSA) is 66.5 Å². The van der Waals surface area contributed by atoms with Crippen LogP contribution in [0.4, 0.5) is 5.69 Å². The first-order valence-corrected chi connectivity index (χ1v) is 4.07. The maximum atomic E-state index is 5.49. The highest BCUT2D eigenvalue weighted by atomic mass is 14.9. The lowest BCUT2D eigenvalue weighted by Crippen LogP contribution is -2.04. The number of aromatic amines is 1.